The Balaban J connectivity index is 2.28. The Morgan fingerprint density at radius 3 is 2.31 bits per heavy atom. The lowest BCUT2D eigenvalue weighted by molar-refractivity contribution is 0.104. The molecule has 0 aliphatic heterocycles. The van der Waals surface area contributed by atoms with E-state index in [0.717, 1.165) is 19.3 Å². The maximum atomic E-state index is 10.8. The molecular weight excluding hydrogens is 188 g/mol. The van der Waals surface area contributed by atoms with E-state index in [1.807, 2.05) is 0 Å². The molecule has 1 atom stereocenters. The predicted octanol–water partition coefficient (Wildman–Crippen LogP) is 0.972. The van der Waals surface area contributed by atoms with Gasteiger partial charge in [-0.15, -0.1) is 0 Å². The molecule has 1 saturated carbocycles. The van der Waals surface area contributed by atoms with E-state index < -0.39 is 9.84 Å². The zero-order valence-corrected chi connectivity index (χ0v) is 9.10. The maximum absolute atomic E-state index is 10.8. The highest BCUT2D eigenvalue weighted by molar-refractivity contribution is 7.90. The van der Waals surface area contributed by atoms with Crippen molar-refractivity contribution in [3.8, 4) is 0 Å². The van der Waals surface area contributed by atoms with E-state index in [1.54, 1.807) is 6.92 Å². The molecule has 1 aliphatic carbocycles. The van der Waals surface area contributed by atoms with E-state index >= 15 is 0 Å². The van der Waals surface area contributed by atoms with Crippen LogP contribution in [0.4, 0.5) is 0 Å². The van der Waals surface area contributed by atoms with Crippen LogP contribution in [0, 0.1) is 5.41 Å². The van der Waals surface area contributed by atoms with Crippen LogP contribution >= 0.6 is 0 Å². The molecule has 1 unspecified atom stereocenters. The van der Waals surface area contributed by atoms with Crippen LogP contribution in [-0.4, -0.2) is 31.6 Å². The predicted molar refractivity (Wildman–Crippen MR) is 52.3 cm³/mol. The zero-order valence-electron chi connectivity index (χ0n) is 8.28. The normalized spacial score (nSPS) is 22.7. The maximum Gasteiger partial charge on any atom is 0.147 e. The molecule has 0 amide bonds. The number of aliphatic hydroxyl groups excluding tert-OH is 1. The molecule has 1 rings (SSSR count). The lowest BCUT2D eigenvalue weighted by Gasteiger charge is -2.17. The Labute approximate surface area is 80.1 Å². The summed E-state index contributed by atoms with van der Waals surface area (Å²) in [5.41, 5.74) is 0.0602. The van der Waals surface area contributed by atoms with Gasteiger partial charge in [-0.1, -0.05) is 0 Å². The molecule has 0 aromatic rings. The summed E-state index contributed by atoms with van der Waals surface area (Å²) in [5.74, 6) is 0.251. The van der Waals surface area contributed by atoms with E-state index in [0.29, 0.717) is 6.42 Å². The summed E-state index contributed by atoms with van der Waals surface area (Å²) >= 11 is 0. The smallest absolute Gasteiger partial charge is 0.147 e. The highest BCUT2D eigenvalue weighted by atomic mass is 32.2. The van der Waals surface area contributed by atoms with Crippen molar-refractivity contribution in [1.82, 2.24) is 0 Å². The first-order valence-corrected chi connectivity index (χ1v) is 6.78. The van der Waals surface area contributed by atoms with Gasteiger partial charge in [0.15, 0.2) is 0 Å². The second-order valence-electron chi connectivity index (χ2n) is 4.27. The van der Waals surface area contributed by atoms with Crippen molar-refractivity contribution < 1.29 is 13.5 Å². The third-order valence-corrected chi connectivity index (χ3v) is 4.00. The fourth-order valence-electron chi connectivity index (χ4n) is 1.72. The average molecular weight is 206 g/mol. The highest BCUT2D eigenvalue weighted by Gasteiger charge is 2.45. The summed E-state index contributed by atoms with van der Waals surface area (Å²) in [7, 11) is -2.83. The Kier molecular flexibility index (Phi) is 3.02. The van der Waals surface area contributed by atoms with E-state index in [-0.39, 0.29) is 17.3 Å². The fraction of sp³-hybridized carbons (Fsp3) is 1.00. The van der Waals surface area contributed by atoms with Gasteiger partial charge in [0.2, 0.25) is 0 Å². The minimum atomic E-state index is -2.83. The van der Waals surface area contributed by atoms with Crippen LogP contribution in [0.15, 0.2) is 0 Å². The van der Waals surface area contributed by atoms with Gasteiger partial charge in [0.05, 0.1) is 6.10 Å². The van der Waals surface area contributed by atoms with Crippen LogP contribution in [0.1, 0.15) is 32.6 Å². The van der Waals surface area contributed by atoms with Gasteiger partial charge in [-0.3, -0.25) is 0 Å². The van der Waals surface area contributed by atoms with Crippen LogP contribution in [0.3, 0.4) is 0 Å². The van der Waals surface area contributed by atoms with E-state index in [9.17, 15) is 13.5 Å². The molecule has 13 heavy (non-hydrogen) atoms. The van der Waals surface area contributed by atoms with Crippen molar-refractivity contribution in [2.45, 2.75) is 38.7 Å². The molecule has 0 aromatic carbocycles. The Morgan fingerprint density at radius 1 is 1.46 bits per heavy atom. The van der Waals surface area contributed by atoms with Gasteiger partial charge in [-0.05, 0) is 38.0 Å². The summed E-state index contributed by atoms with van der Waals surface area (Å²) < 4.78 is 21.7. The van der Waals surface area contributed by atoms with Crippen LogP contribution in [0.2, 0.25) is 0 Å². The van der Waals surface area contributed by atoms with Gasteiger partial charge in [-0.2, -0.15) is 0 Å². The Hall–Kier alpha value is -0.0900. The minimum absolute atomic E-state index is 0.0602. The first kappa shape index (κ1) is 11.0. The van der Waals surface area contributed by atoms with Crippen LogP contribution in [0.25, 0.3) is 0 Å². The molecule has 1 aliphatic rings. The van der Waals surface area contributed by atoms with Crippen molar-refractivity contribution in [2.24, 2.45) is 5.41 Å². The van der Waals surface area contributed by atoms with Crippen molar-refractivity contribution in [2.75, 3.05) is 12.0 Å². The number of sulfone groups is 1. The lowest BCUT2D eigenvalue weighted by Crippen LogP contribution is -2.19. The minimum Gasteiger partial charge on any atom is -0.393 e. The molecule has 0 bridgehead atoms. The summed E-state index contributed by atoms with van der Waals surface area (Å²) in [5, 5.41) is 9.42. The van der Waals surface area contributed by atoms with Crippen molar-refractivity contribution in [3.05, 3.63) is 0 Å². The first-order chi connectivity index (χ1) is 5.86. The molecule has 1 N–H and O–H groups in total. The quantitative estimate of drug-likeness (QED) is 0.729. The molecule has 0 spiro atoms. The molecule has 3 nitrogen and oxygen atoms in total. The van der Waals surface area contributed by atoms with Gasteiger partial charge in [0.25, 0.3) is 0 Å². The average Bonchev–Trinajstić information content (AvgIpc) is 2.65. The summed E-state index contributed by atoms with van der Waals surface area (Å²) in [4.78, 5) is 0. The van der Waals surface area contributed by atoms with Gasteiger partial charge >= 0.3 is 0 Å². The summed E-state index contributed by atoms with van der Waals surface area (Å²) in [6, 6.07) is 0. The Morgan fingerprint density at radius 2 is 2.00 bits per heavy atom. The van der Waals surface area contributed by atoms with Gasteiger partial charge in [0.1, 0.15) is 9.84 Å². The monoisotopic (exact) mass is 206 g/mol. The SMILES string of the molecule is CC(O)C1(CCCS(C)(=O)=O)CC1. The molecule has 0 saturated heterocycles. The van der Waals surface area contributed by atoms with Crippen molar-refractivity contribution in [3.63, 3.8) is 0 Å². The number of aliphatic hydroxyl groups is 1. The van der Waals surface area contributed by atoms with Crippen LogP contribution in [0.5, 0.6) is 0 Å². The summed E-state index contributed by atoms with van der Waals surface area (Å²) in [6.07, 6.45) is 4.60. The highest BCUT2D eigenvalue weighted by Crippen LogP contribution is 2.52. The van der Waals surface area contributed by atoms with Gasteiger partial charge < -0.3 is 5.11 Å². The molecular formula is C9H18O3S. The van der Waals surface area contributed by atoms with Gasteiger partial charge in [-0.25, -0.2) is 8.42 Å². The molecule has 1 fully saturated rings. The molecule has 0 aromatic heterocycles. The molecule has 4 heteroatoms. The third-order valence-electron chi connectivity index (χ3n) is 2.97. The van der Waals surface area contributed by atoms with Gasteiger partial charge in [0, 0.05) is 12.0 Å². The molecule has 78 valence electrons. The summed E-state index contributed by atoms with van der Waals surface area (Å²) in [6.45, 7) is 1.80. The Bertz CT molecular complexity index is 263. The second-order valence-corrected chi connectivity index (χ2v) is 6.53. The van der Waals surface area contributed by atoms with E-state index in [1.165, 1.54) is 6.26 Å². The second kappa shape index (κ2) is 3.58. The largest absolute Gasteiger partial charge is 0.393 e. The van der Waals surface area contributed by atoms with Crippen LogP contribution < -0.4 is 0 Å². The lowest BCUT2D eigenvalue weighted by atomic mass is 9.95. The first-order valence-electron chi connectivity index (χ1n) is 4.72. The molecule has 0 heterocycles. The third kappa shape index (κ3) is 3.27. The fourth-order valence-corrected chi connectivity index (χ4v) is 2.39. The zero-order chi connectivity index (χ0) is 10.1. The van der Waals surface area contributed by atoms with Crippen molar-refractivity contribution in [1.29, 1.82) is 0 Å². The number of hydrogen-bond acceptors (Lipinski definition) is 3. The van der Waals surface area contributed by atoms with Crippen molar-refractivity contribution >= 4 is 9.84 Å². The van der Waals surface area contributed by atoms with E-state index in [2.05, 4.69) is 0 Å². The molecule has 0 radical (unpaired) electrons. The van der Waals surface area contributed by atoms with Crippen LogP contribution in [-0.2, 0) is 9.84 Å². The standard InChI is InChI=1S/C9H18O3S/c1-8(10)9(5-6-9)4-3-7-13(2,11)12/h8,10H,3-7H2,1-2H3. The van der Waals surface area contributed by atoms with E-state index in [4.69, 9.17) is 0 Å². The topological polar surface area (TPSA) is 54.4 Å². The number of hydrogen-bond donors (Lipinski definition) is 1. The number of rotatable bonds is 5.